The van der Waals surface area contributed by atoms with E-state index < -0.39 is 0 Å². The highest BCUT2D eigenvalue weighted by atomic mass is 79.9. The number of anilines is 1. The van der Waals surface area contributed by atoms with Crippen LogP contribution in [0.15, 0.2) is 34.8 Å². The van der Waals surface area contributed by atoms with E-state index >= 15 is 0 Å². The topological polar surface area (TPSA) is 66.0 Å². The zero-order chi connectivity index (χ0) is 17.7. The van der Waals surface area contributed by atoms with Gasteiger partial charge in [-0.3, -0.25) is 4.79 Å². The summed E-state index contributed by atoms with van der Waals surface area (Å²) in [7, 11) is 6.13. The lowest BCUT2D eigenvalue weighted by Gasteiger charge is -2.14. The second kappa shape index (κ2) is 7.92. The fourth-order valence-corrected chi connectivity index (χ4v) is 2.61. The van der Waals surface area contributed by atoms with Gasteiger partial charge in [0.1, 0.15) is 11.5 Å². The van der Waals surface area contributed by atoms with Crippen LogP contribution in [-0.2, 0) is 0 Å². The molecule has 0 saturated heterocycles. The van der Waals surface area contributed by atoms with Crippen LogP contribution in [-0.4, -0.2) is 34.3 Å². The van der Waals surface area contributed by atoms with Crippen molar-refractivity contribution in [1.29, 1.82) is 0 Å². The van der Waals surface area contributed by atoms with Crippen molar-refractivity contribution in [2.75, 3.05) is 33.8 Å². The largest absolute Gasteiger partial charge is 0.495 e. The first-order valence-electron chi connectivity index (χ1n) is 6.99. The SMILES string of the molecule is COc1cc(NC(=O)c2ccc(OC)c(OC)c2)c(OC)cc1Br. The lowest BCUT2D eigenvalue weighted by molar-refractivity contribution is 0.102. The molecule has 2 aromatic carbocycles. The molecule has 0 atom stereocenters. The maximum Gasteiger partial charge on any atom is 0.255 e. The summed E-state index contributed by atoms with van der Waals surface area (Å²) < 4.78 is 21.7. The second-order valence-corrected chi connectivity index (χ2v) is 5.57. The molecule has 0 spiro atoms. The first-order chi connectivity index (χ1) is 11.5. The van der Waals surface area contributed by atoms with Gasteiger partial charge in [-0.15, -0.1) is 0 Å². The van der Waals surface area contributed by atoms with Crippen molar-refractivity contribution >= 4 is 27.5 Å². The number of rotatable bonds is 6. The summed E-state index contributed by atoms with van der Waals surface area (Å²) in [5.41, 5.74) is 0.925. The normalized spacial score (nSPS) is 10.0. The Balaban J connectivity index is 2.32. The monoisotopic (exact) mass is 395 g/mol. The van der Waals surface area contributed by atoms with Gasteiger partial charge in [0.2, 0.25) is 0 Å². The summed E-state index contributed by atoms with van der Waals surface area (Å²) in [4.78, 5) is 12.5. The molecular weight excluding hydrogens is 378 g/mol. The quantitative estimate of drug-likeness (QED) is 0.806. The van der Waals surface area contributed by atoms with Crippen LogP contribution < -0.4 is 24.3 Å². The number of amides is 1. The number of benzene rings is 2. The molecule has 0 fully saturated rings. The first-order valence-corrected chi connectivity index (χ1v) is 7.78. The molecular formula is C17H18BrNO5. The van der Waals surface area contributed by atoms with Crippen molar-refractivity contribution in [3.8, 4) is 23.0 Å². The van der Waals surface area contributed by atoms with Gasteiger partial charge in [-0.05, 0) is 34.1 Å². The van der Waals surface area contributed by atoms with Gasteiger partial charge in [-0.2, -0.15) is 0 Å². The summed E-state index contributed by atoms with van der Waals surface area (Å²) >= 11 is 3.38. The van der Waals surface area contributed by atoms with Crippen molar-refractivity contribution in [1.82, 2.24) is 0 Å². The molecule has 2 rings (SSSR count). The summed E-state index contributed by atoms with van der Waals surface area (Å²) in [6, 6.07) is 8.34. The molecule has 24 heavy (non-hydrogen) atoms. The summed E-state index contributed by atoms with van der Waals surface area (Å²) in [5.74, 6) is 1.82. The van der Waals surface area contributed by atoms with Crippen LogP contribution in [0.1, 0.15) is 10.4 Å². The molecule has 128 valence electrons. The Labute approximate surface area is 148 Å². The molecule has 0 aromatic heterocycles. The zero-order valence-corrected chi connectivity index (χ0v) is 15.4. The third-order valence-electron chi connectivity index (χ3n) is 3.37. The molecule has 1 N–H and O–H groups in total. The van der Waals surface area contributed by atoms with Crippen LogP contribution in [0.2, 0.25) is 0 Å². The molecule has 0 bridgehead atoms. The van der Waals surface area contributed by atoms with Gasteiger partial charge in [0.15, 0.2) is 11.5 Å². The van der Waals surface area contributed by atoms with Crippen LogP contribution in [0.4, 0.5) is 5.69 Å². The molecule has 2 aromatic rings. The molecule has 0 heterocycles. The van der Waals surface area contributed by atoms with Crippen LogP contribution in [0, 0.1) is 0 Å². The Hall–Kier alpha value is -2.41. The highest BCUT2D eigenvalue weighted by molar-refractivity contribution is 9.10. The van der Waals surface area contributed by atoms with Gasteiger partial charge < -0.3 is 24.3 Å². The molecule has 1 amide bonds. The van der Waals surface area contributed by atoms with Gasteiger partial charge in [0.05, 0.1) is 38.6 Å². The van der Waals surface area contributed by atoms with E-state index in [4.69, 9.17) is 18.9 Å². The average Bonchev–Trinajstić information content (AvgIpc) is 2.61. The fraction of sp³-hybridized carbons (Fsp3) is 0.235. The van der Waals surface area contributed by atoms with Crippen molar-refractivity contribution < 1.29 is 23.7 Å². The van der Waals surface area contributed by atoms with Crippen LogP contribution >= 0.6 is 15.9 Å². The smallest absolute Gasteiger partial charge is 0.255 e. The van der Waals surface area contributed by atoms with Crippen molar-refractivity contribution in [3.63, 3.8) is 0 Å². The number of nitrogens with one attached hydrogen (secondary N) is 1. The summed E-state index contributed by atoms with van der Waals surface area (Å²) in [6.45, 7) is 0. The Kier molecular flexibility index (Phi) is 5.92. The number of halogens is 1. The van der Waals surface area contributed by atoms with E-state index in [1.165, 1.54) is 21.3 Å². The lowest BCUT2D eigenvalue weighted by atomic mass is 10.1. The Morgan fingerprint density at radius 3 is 2.04 bits per heavy atom. The molecule has 0 aliphatic heterocycles. The van der Waals surface area contributed by atoms with Gasteiger partial charge >= 0.3 is 0 Å². The zero-order valence-electron chi connectivity index (χ0n) is 13.8. The maximum absolute atomic E-state index is 12.5. The van der Waals surface area contributed by atoms with E-state index in [1.54, 1.807) is 37.4 Å². The van der Waals surface area contributed by atoms with Gasteiger partial charge in [-0.25, -0.2) is 0 Å². The molecule has 0 aliphatic rings. The predicted molar refractivity (Wildman–Crippen MR) is 94.7 cm³/mol. The number of methoxy groups -OCH3 is 4. The van der Waals surface area contributed by atoms with Gasteiger partial charge in [-0.1, -0.05) is 0 Å². The summed E-state index contributed by atoms with van der Waals surface area (Å²) in [6.07, 6.45) is 0. The number of carbonyl (C=O) groups excluding carboxylic acids is 1. The van der Waals surface area contributed by atoms with Gasteiger partial charge in [0.25, 0.3) is 5.91 Å². The van der Waals surface area contributed by atoms with E-state index in [0.717, 1.165) is 4.47 Å². The Morgan fingerprint density at radius 2 is 1.46 bits per heavy atom. The summed E-state index contributed by atoms with van der Waals surface area (Å²) in [5, 5.41) is 2.81. The Morgan fingerprint density at radius 1 is 0.833 bits per heavy atom. The number of hydrogen-bond donors (Lipinski definition) is 1. The minimum Gasteiger partial charge on any atom is -0.495 e. The molecule has 0 unspecified atom stereocenters. The molecule has 0 aliphatic carbocycles. The van der Waals surface area contributed by atoms with E-state index in [9.17, 15) is 4.79 Å². The third-order valence-corrected chi connectivity index (χ3v) is 3.99. The average molecular weight is 396 g/mol. The minimum atomic E-state index is -0.307. The van der Waals surface area contributed by atoms with Crippen molar-refractivity contribution in [2.24, 2.45) is 0 Å². The molecule has 0 radical (unpaired) electrons. The lowest BCUT2D eigenvalue weighted by Crippen LogP contribution is -2.13. The van der Waals surface area contributed by atoms with E-state index in [-0.39, 0.29) is 5.91 Å². The highest BCUT2D eigenvalue weighted by Crippen LogP contribution is 2.36. The molecule has 0 saturated carbocycles. The van der Waals surface area contributed by atoms with E-state index in [1.807, 2.05) is 0 Å². The number of hydrogen-bond acceptors (Lipinski definition) is 5. The van der Waals surface area contributed by atoms with Crippen LogP contribution in [0.5, 0.6) is 23.0 Å². The maximum atomic E-state index is 12.5. The standard InChI is InChI=1S/C17H18BrNO5/c1-21-13-6-5-10(7-16(13)24-4)17(20)19-12-9-14(22-2)11(18)8-15(12)23-3/h5-9H,1-4H3,(H,19,20). The highest BCUT2D eigenvalue weighted by Gasteiger charge is 2.15. The second-order valence-electron chi connectivity index (χ2n) is 4.71. The van der Waals surface area contributed by atoms with Crippen molar-refractivity contribution in [2.45, 2.75) is 0 Å². The van der Waals surface area contributed by atoms with E-state index in [2.05, 4.69) is 21.2 Å². The first kappa shape index (κ1) is 17.9. The minimum absolute atomic E-state index is 0.307. The fourth-order valence-electron chi connectivity index (χ4n) is 2.13. The van der Waals surface area contributed by atoms with Crippen LogP contribution in [0.25, 0.3) is 0 Å². The molecule has 7 heteroatoms. The third kappa shape index (κ3) is 3.73. The Bertz CT molecular complexity index is 748. The van der Waals surface area contributed by atoms with Gasteiger partial charge in [0, 0.05) is 17.7 Å². The number of ether oxygens (including phenoxy) is 4. The number of carbonyl (C=O) groups is 1. The molecule has 6 nitrogen and oxygen atoms in total. The van der Waals surface area contributed by atoms with E-state index in [0.29, 0.717) is 34.2 Å². The van der Waals surface area contributed by atoms with Crippen LogP contribution in [0.3, 0.4) is 0 Å². The predicted octanol–water partition coefficient (Wildman–Crippen LogP) is 3.74. The van der Waals surface area contributed by atoms with Crippen molar-refractivity contribution in [3.05, 3.63) is 40.4 Å².